The van der Waals surface area contributed by atoms with E-state index in [4.69, 9.17) is 4.74 Å². The Morgan fingerprint density at radius 2 is 2.19 bits per heavy atom. The van der Waals surface area contributed by atoms with Crippen molar-refractivity contribution in [2.45, 2.75) is 13.8 Å². The van der Waals surface area contributed by atoms with Crippen LogP contribution in [0.25, 0.3) is 0 Å². The van der Waals surface area contributed by atoms with E-state index < -0.39 is 0 Å². The third-order valence-electron chi connectivity index (χ3n) is 1.95. The zero-order chi connectivity index (χ0) is 12.0. The van der Waals surface area contributed by atoms with Crippen LogP contribution in [0.2, 0.25) is 0 Å². The van der Waals surface area contributed by atoms with Crippen molar-refractivity contribution in [3.8, 4) is 0 Å². The Morgan fingerprint density at radius 3 is 2.81 bits per heavy atom. The van der Waals surface area contributed by atoms with Crippen LogP contribution < -0.4 is 5.32 Å². The van der Waals surface area contributed by atoms with Crippen molar-refractivity contribution in [3.63, 3.8) is 0 Å². The van der Waals surface area contributed by atoms with E-state index in [1.165, 1.54) is 6.07 Å². The van der Waals surface area contributed by atoms with Crippen molar-refractivity contribution in [2.24, 2.45) is 5.92 Å². The zero-order valence-corrected chi connectivity index (χ0v) is 11.2. The van der Waals surface area contributed by atoms with Crippen LogP contribution in [0.4, 0.5) is 10.1 Å². The Labute approximate surface area is 104 Å². The largest absolute Gasteiger partial charge is 0.383 e. The minimum Gasteiger partial charge on any atom is -0.383 e. The second-order valence-corrected chi connectivity index (χ2v) is 4.88. The molecule has 0 aliphatic heterocycles. The number of ether oxygens (including phenoxy) is 1. The van der Waals surface area contributed by atoms with Crippen molar-refractivity contribution >= 4 is 21.6 Å². The highest BCUT2D eigenvalue weighted by molar-refractivity contribution is 9.10. The molecule has 0 saturated heterocycles. The quantitative estimate of drug-likeness (QED) is 0.807. The lowest BCUT2D eigenvalue weighted by Gasteiger charge is -2.09. The summed E-state index contributed by atoms with van der Waals surface area (Å²) in [4.78, 5) is 0. The third-order valence-corrected chi connectivity index (χ3v) is 2.55. The topological polar surface area (TPSA) is 21.3 Å². The first kappa shape index (κ1) is 13.5. The molecule has 0 aliphatic rings. The molecule has 0 atom stereocenters. The molecule has 0 unspecified atom stereocenters. The molecule has 0 heterocycles. The van der Waals surface area contributed by atoms with Crippen LogP contribution in [0.3, 0.4) is 0 Å². The molecule has 0 bridgehead atoms. The maximum atomic E-state index is 12.9. The predicted octanol–water partition coefficient (Wildman–Crippen LogP) is 3.67. The summed E-state index contributed by atoms with van der Waals surface area (Å²) in [5, 5.41) is 3.16. The lowest BCUT2D eigenvalue weighted by Crippen LogP contribution is -2.12. The summed E-state index contributed by atoms with van der Waals surface area (Å²) >= 11 is 3.14. The van der Waals surface area contributed by atoms with Crippen molar-refractivity contribution in [3.05, 3.63) is 28.5 Å². The van der Waals surface area contributed by atoms with Crippen molar-refractivity contribution < 1.29 is 9.13 Å². The molecular weight excluding hydrogens is 273 g/mol. The summed E-state index contributed by atoms with van der Waals surface area (Å²) in [5.41, 5.74) is 0.890. The highest BCUT2D eigenvalue weighted by atomic mass is 79.9. The number of benzene rings is 1. The first-order valence-corrected chi connectivity index (χ1v) is 6.15. The van der Waals surface area contributed by atoms with E-state index in [2.05, 4.69) is 35.1 Å². The summed E-state index contributed by atoms with van der Waals surface area (Å²) < 4.78 is 18.8. The molecule has 0 fully saturated rings. The van der Waals surface area contributed by atoms with Crippen LogP contribution >= 0.6 is 15.9 Å². The third kappa shape index (κ3) is 4.94. The summed E-state index contributed by atoms with van der Waals surface area (Å²) in [5.74, 6) is 0.307. The summed E-state index contributed by atoms with van der Waals surface area (Å²) in [6, 6.07) is 4.86. The van der Waals surface area contributed by atoms with Crippen molar-refractivity contribution in [1.82, 2.24) is 0 Å². The number of hydrogen-bond acceptors (Lipinski definition) is 2. The van der Waals surface area contributed by atoms with Gasteiger partial charge >= 0.3 is 0 Å². The smallest absolute Gasteiger partial charge is 0.137 e. The van der Waals surface area contributed by atoms with E-state index in [9.17, 15) is 4.39 Å². The number of anilines is 1. The molecule has 0 aromatic heterocycles. The van der Waals surface area contributed by atoms with E-state index in [1.807, 2.05) is 0 Å². The molecule has 0 spiro atoms. The van der Waals surface area contributed by atoms with Gasteiger partial charge in [0, 0.05) is 18.8 Å². The highest BCUT2D eigenvalue weighted by Gasteiger charge is 1.99. The van der Waals surface area contributed by atoms with Crippen LogP contribution in [0.1, 0.15) is 13.8 Å². The average Bonchev–Trinajstić information content (AvgIpc) is 2.22. The molecule has 1 N–H and O–H groups in total. The molecule has 1 rings (SSSR count). The van der Waals surface area contributed by atoms with Gasteiger partial charge in [-0.2, -0.15) is 0 Å². The number of rotatable bonds is 6. The maximum Gasteiger partial charge on any atom is 0.137 e. The Morgan fingerprint density at radius 1 is 1.44 bits per heavy atom. The van der Waals surface area contributed by atoms with E-state index in [-0.39, 0.29) is 5.82 Å². The van der Waals surface area contributed by atoms with Gasteiger partial charge < -0.3 is 10.1 Å². The van der Waals surface area contributed by atoms with Gasteiger partial charge in [-0.15, -0.1) is 0 Å². The second kappa shape index (κ2) is 6.86. The molecule has 16 heavy (non-hydrogen) atoms. The molecule has 0 saturated carbocycles. The summed E-state index contributed by atoms with van der Waals surface area (Å²) in [7, 11) is 0. The van der Waals surface area contributed by atoms with Gasteiger partial charge in [0.15, 0.2) is 0 Å². The van der Waals surface area contributed by atoms with Gasteiger partial charge in [0.05, 0.1) is 11.1 Å². The van der Waals surface area contributed by atoms with E-state index in [1.54, 1.807) is 12.1 Å². The van der Waals surface area contributed by atoms with Crippen molar-refractivity contribution in [2.75, 3.05) is 25.1 Å². The fourth-order valence-corrected chi connectivity index (χ4v) is 1.57. The molecule has 90 valence electrons. The minimum atomic E-state index is -0.249. The highest BCUT2D eigenvalue weighted by Crippen LogP contribution is 2.19. The lowest BCUT2D eigenvalue weighted by atomic mass is 10.2. The summed E-state index contributed by atoms with van der Waals surface area (Å²) in [6.07, 6.45) is 0. The first-order chi connectivity index (χ1) is 7.59. The average molecular weight is 290 g/mol. The van der Waals surface area contributed by atoms with E-state index >= 15 is 0 Å². The Kier molecular flexibility index (Phi) is 5.77. The number of halogens is 2. The van der Waals surface area contributed by atoms with Gasteiger partial charge in [0.25, 0.3) is 0 Å². The molecule has 0 amide bonds. The second-order valence-electron chi connectivity index (χ2n) is 4.02. The monoisotopic (exact) mass is 289 g/mol. The molecule has 2 nitrogen and oxygen atoms in total. The lowest BCUT2D eigenvalue weighted by molar-refractivity contribution is 0.118. The van der Waals surface area contributed by atoms with Gasteiger partial charge in [0.1, 0.15) is 5.82 Å². The van der Waals surface area contributed by atoms with Crippen LogP contribution in [-0.4, -0.2) is 19.8 Å². The Balaban J connectivity index is 2.24. The molecule has 1 aromatic rings. The van der Waals surface area contributed by atoms with Crippen LogP contribution in [0.5, 0.6) is 0 Å². The van der Waals surface area contributed by atoms with Gasteiger partial charge in [0.2, 0.25) is 0 Å². The first-order valence-electron chi connectivity index (χ1n) is 5.36. The Bertz CT molecular complexity index is 331. The standard InChI is InChI=1S/C12H17BrFNO/c1-9(2)8-16-6-5-15-10-3-4-12(14)11(13)7-10/h3-4,7,9,15H,5-6,8H2,1-2H3. The Hall–Kier alpha value is -0.610. The van der Waals surface area contributed by atoms with Gasteiger partial charge in [-0.3, -0.25) is 0 Å². The summed E-state index contributed by atoms with van der Waals surface area (Å²) in [6.45, 7) is 6.39. The van der Waals surface area contributed by atoms with E-state index in [0.717, 1.165) is 18.8 Å². The molecule has 4 heteroatoms. The fourth-order valence-electron chi connectivity index (χ4n) is 1.19. The van der Waals surface area contributed by atoms with Crippen LogP contribution in [0.15, 0.2) is 22.7 Å². The molecular formula is C12H17BrFNO. The number of nitrogens with one attached hydrogen (secondary N) is 1. The van der Waals surface area contributed by atoms with Gasteiger partial charge in [-0.1, -0.05) is 13.8 Å². The molecule has 0 aliphatic carbocycles. The van der Waals surface area contributed by atoms with Crippen LogP contribution in [-0.2, 0) is 4.74 Å². The van der Waals surface area contributed by atoms with Gasteiger partial charge in [-0.25, -0.2) is 4.39 Å². The van der Waals surface area contributed by atoms with Crippen molar-refractivity contribution in [1.29, 1.82) is 0 Å². The normalized spacial score (nSPS) is 10.8. The minimum absolute atomic E-state index is 0.249. The number of hydrogen-bond donors (Lipinski definition) is 1. The van der Waals surface area contributed by atoms with E-state index in [0.29, 0.717) is 17.0 Å². The van der Waals surface area contributed by atoms with Crippen LogP contribution in [0, 0.1) is 11.7 Å². The SMILES string of the molecule is CC(C)COCCNc1ccc(F)c(Br)c1. The maximum absolute atomic E-state index is 12.9. The fraction of sp³-hybridized carbons (Fsp3) is 0.500. The predicted molar refractivity (Wildman–Crippen MR) is 68.2 cm³/mol. The van der Waals surface area contributed by atoms with Gasteiger partial charge in [-0.05, 0) is 40.0 Å². The zero-order valence-electron chi connectivity index (χ0n) is 9.59. The molecule has 1 aromatic carbocycles. The molecule has 0 radical (unpaired) electrons.